The molecule has 0 saturated carbocycles. The Bertz CT molecular complexity index is 537. The van der Waals surface area contributed by atoms with Crippen molar-refractivity contribution in [1.82, 2.24) is 10.2 Å². The van der Waals surface area contributed by atoms with Crippen LogP contribution in [0.1, 0.15) is 18.0 Å². The van der Waals surface area contributed by atoms with Gasteiger partial charge in [-0.05, 0) is 12.5 Å². The number of benzene rings is 1. The molecule has 1 aromatic heterocycles. The molecule has 0 radical (unpaired) electrons. The Labute approximate surface area is 87.5 Å². The Kier molecular flexibility index (Phi) is 1.88. The number of hydrogen-bond acceptors (Lipinski definition) is 2. The van der Waals surface area contributed by atoms with E-state index in [1.807, 2.05) is 30.6 Å². The fourth-order valence-electron chi connectivity index (χ4n) is 1.94. The van der Waals surface area contributed by atoms with E-state index < -0.39 is 0 Å². The molecule has 3 heteroatoms. The van der Waals surface area contributed by atoms with Crippen LogP contribution in [0.2, 0.25) is 0 Å². The third-order valence-electron chi connectivity index (χ3n) is 2.72. The summed E-state index contributed by atoms with van der Waals surface area (Å²) in [6, 6.07) is 8.21. The standard InChI is InChI=1S/C12H11N3/c1-2-4-11-10(3-1)12(15-14-11)9-5-7-13-8-6-9/h1-5,7-9H,6H2,(H,14,15). The van der Waals surface area contributed by atoms with E-state index in [-0.39, 0.29) is 0 Å². The largest absolute Gasteiger partial charge is 0.278 e. The fraction of sp³-hybridized carbons (Fsp3) is 0.167. The Morgan fingerprint density at radius 3 is 3.07 bits per heavy atom. The van der Waals surface area contributed by atoms with E-state index in [0.29, 0.717) is 5.92 Å². The summed E-state index contributed by atoms with van der Waals surface area (Å²) in [5.41, 5.74) is 2.22. The van der Waals surface area contributed by atoms with E-state index in [2.05, 4.69) is 27.3 Å². The van der Waals surface area contributed by atoms with Gasteiger partial charge in [-0.2, -0.15) is 5.10 Å². The molecular weight excluding hydrogens is 186 g/mol. The number of aromatic amines is 1. The molecule has 0 aliphatic carbocycles. The van der Waals surface area contributed by atoms with Crippen molar-refractivity contribution in [2.45, 2.75) is 12.3 Å². The lowest BCUT2D eigenvalue weighted by atomic mass is 9.98. The van der Waals surface area contributed by atoms with Crippen LogP contribution in [0.5, 0.6) is 0 Å². The lowest BCUT2D eigenvalue weighted by molar-refractivity contribution is 0.837. The van der Waals surface area contributed by atoms with Gasteiger partial charge in [-0.25, -0.2) is 0 Å². The molecule has 1 aliphatic heterocycles. The molecule has 15 heavy (non-hydrogen) atoms. The van der Waals surface area contributed by atoms with Crippen LogP contribution in [-0.4, -0.2) is 16.4 Å². The molecule has 0 saturated heterocycles. The molecule has 0 bridgehead atoms. The molecule has 0 amide bonds. The van der Waals surface area contributed by atoms with Crippen molar-refractivity contribution in [3.05, 3.63) is 42.2 Å². The number of aliphatic imine (C=N–C) groups is 1. The molecule has 1 atom stereocenters. The second kappa shape index (κ2) is 3.35. The van der Waals surface area contributed by atoms with Gasteiger partial charge in [0.1, 0.15) is 0 Å². The number of fused-ring (bicyclic) bond motifs is 1. The Balaban J connectivity index is 2.11. The van der Waals surface area contributed by atoms with Crippen LogP contribution in [0.25, 0.3) is 10.9 Å². The summed E-state index contributed by atoms with van der Waals surface area (Å²) in [6.45, 7) is 0. The fourth-order valence-corrected chi connectivity index (χ4v) is 1.94. The molecule has 3 nitrogen and oxygen atoms in total. The number of allylic oxidation sites excluding steroid dienone is 1. The van der Waals surface area contributed by atoms with Crippen molar-refractivity contribution < 1.29 is 0 Å². The van der Waals surface area contributed by atoms with Gasteiger partial charge in [0.15, 0.2) is 0 Å². The lowest BCUT2D eigenvalue weighted by Gasteiger charge is -2.09. The third-order valence-corrected chi connectivity index (χ3v) is 2.72. The first-order chi connectivity index (χ1) is 7.45. The van der Waals surface area contributed by atoms with E-state index in [4.69, 9.17) is 0 Å². The summed E-state index contributed by atoms with van der Waals surface area (Å²) in [6.07, 6.45) is 6.82. The quantitative estimate of drug-likeness (QED) is 0.750. The Hall–Kier alpha value is -1.90. The summed E-state index contributed by atoms with van der Waals surface area (Å²) >= 11 is 0. The second-order valence-corrected chi connectivity index (χ2v) is 3.67. The highest BCUT2D eigenvalue weighted by Gasteiger charge is 2.15. The van der Waals surface area contributed by atoms with Gasteiger partial charge in [0, 0.05) is 23.7 Å². The highest BCUT2D eigenvalue weighted by Crippen LogP contribution is 2.27. The summed E-state index contributed by atoms with van der Waals surface area (Å²) in [7, 11) is 0. The lowest BCUT2D eigenvalue weighted by Crippen LogP contribution is -1.99. The van der Waals surface area contributed by atoms with Crippen molar-refractivity contribution in [2.24, 2.45) is 4.99 Å². The van der Waals surface area contributed by atoms with Gasteiger partial charge < -0.3 is 0 Å². The zero-order chi connectivity index (χ0) is 10.1. The minimum atomic E-state index is 0.360. The molecule has 2 heterocycles. The van der Waals surface area contributed by atoms with Gasteiger partial charge in [0.05, 0.1) is 11.2 Å². The molecule has 3 rings (SSSR count). The molecule has 0 fully saturated rings. The minimum Gasteiger partial charge on any atom is -0.278 e. The summed E-state index contributed by atoms with van der Waals surface area (Å²) in [5, 5.41) is 8.65. The first-order valence-electron chi connectivity index (χ1n) is 5.06. The van der Waals surface area contributed by atoms with Gasteiger partial charge in [-0.15, -0.1) is 0 Å². The van der Waals surface area contributed by atoms with Crippen molar-refractivity contribution >= 4 is 17.1 Å². The maximum atomic E-state index is 4.38. The topological polar surface area (TPSA) is 41.0 Å². The molecule has 0 spiro atoms. The van der Waals surface area contributed by atoms with Crippen LogP contribution in [0.4, 0.5) is 0 Å². The Morgan fingerprint density at radius 1 is 1.27 bits per heavy atom. The predicted molar refractivity (Wildman–Crippen MR) is 61.1 cm³/mol. The van der Waals surface area contributed by atoms with Crippen molar-refractivity contribution in [1.29, 1.82) is 0 Å². The van der Waals surface area contributed by atoms with Gasteiger partial charge in [0.2, 0.25) is 0 Å². The summed E-state index contributed by atoms with van der Waals surface area (Å²) in [4.78, 5) is 4.07. The number of hydrogen-bond donors (Lipinski definition) is 1. The summed E-state index contributed by atoms with van der Waals surface area (Å²) < 4.78 is 0. The third kappa shape index (κ3) is 1.36. The number of H-pyrrole nitrogens is 1. The molecule has 1 aromatic carbocycles. The van der Waals surface area contributed by atoms with Gasteiger partial charge >= 0.3 is 0 Å². The van der Waals surface area contributed by atoms with Crippen LogP contribution in [0.15, 0.2) is 41.5 Å². The average Bonchev–Trinajstić information content (AvgIpc) is 2.74. The minimum absolute atomic E-state index is 0.360. The number of nitrogens with zero attached hydrogens (tertiary/aromatic N) is 2. The van der Waals surface area contributed by atoms with Crippen molar-refractivity contribution in [2.75, 3.05) is 0 Å². The molecule has 2 aromatic rings. The monoisotopic (exact) mass is 197 g/mol. The predicted octanol–water partition coefficient (Wildman–Crippen LogP) is 2.63. The SMILES string of the molecule is C1=CC(c2n[nH]c3ccccc23)CC=N1. The highest BCUT2D eigenvalue weighted by atomic mass is 15.1. The zero-order valence-corrected chi connectivity index (χ0v) is 8.22. The average molecular weight is 197 g/mol. The van der Waals surface area contributed by atoms with E-state index in [1.165, 1.54) is 5.39 Å². The molecule has 1 N–H and O–H groups in total. The first-order valence-corrected chi connectivity index (χ1v) is 5.06. The molecule has 1 aliphatic rings. The second-order valence-electron chi connectivity index (χ2n) is 3.67. The van der Waals surface area contributed by atoms with Gasteiger partial charge in [-0.1, -0.05) is 24.3 Å². The molecule has 1 unspecified atom stereocenters. The van der Waals surface area contributed by atoms with Gasteiger partial charge in [0.25, 0.3) is 0 Å². The first kappa shape index (κ1) is 8.41. The van der Waals surface area contributed by atoms with E-state index in [9.17, 15) is 0 Å². The van der Waals surface area contributed by atoms with Crippen LogP contribution < -0.4 is 0 Å². The number of nitrogens with one attached hydrogen (secondary N) is 1. The number of rotatable bonds is 1. The van der Waals surface area contributed by atoms with Crippen LogP contribution >= 0.6 is 0 Å². The van der Waals surface area contributed by atoms with Crippen molar-refractivity contribution in [3.8, 4) is 0 Å². The van der Waals surface area contributed by atoms with Crippen LogP contribution in [-0.2, 0) is 0 Å². The van der Waals surface area contributed by atoms with E-state index >= 15 is 0 Å². The van der Waals surface area contributed by atoms with Crippen LogP contribution in [0.3, 0.4) is 0 Å². The smallest absolute Gasteiger partial charge is 0.0773 e. The molecular formula is C12H11N3. The zero-order valence-electron chi connectivity index (χ0n) is 8.22. The normalized spacial score (nSPS) is 19.9. The maximum Gasteiger partial charge on any atom is 0.0773 e. The Morgan fingerprint density at radius 2 is 2.20 bits per heavy atom. The van der Waals surface area contributed by atoms with Gasteiger partial charge in [-0.3, -0.25) is 10.1 Å². The number of para-hydroxylation sites is 1. The molecule has 74 valence electrons. The van der Waals surface area contributed by atoms with E-state index in [1.54, 1.807) is 0 Å². The van der Waals surface area contributed by atoms with Crippen molar-refractivity contribution in [3.63, 3.8) is 0 Å². The number of aromatic nitrogens is 2. The summed E-state index contributed by atoms with van der Waals surface area (Å²) in [5.74, 6) is 0.360. The van der Waals surface area contributed by atoms with E-state index in [0.717, 1.165) is 17.6 Å². The highest BCUT2D eigenvalue weighted by molar-refractivity contribution is 5.82. The van der Waals surface area contributed by atoms with Crippen LogP contribution in [0, 0.1) is 0 Å². The maximum absolute atomic E-state index is 4.38.